The first-order valence-electron chi connectivity index (χ1n) is 9.07. The molecule has 1 N–H and O–H groups in total. The number of nitriles is 1. The average molecular weight is 359 g/mol. The molecule has 1 aliphatic heterocycles. The van der Waals surface area contributed by atoms with E-state index in [1.165, 1.54) is 5.69 Å². The summed E-state index contributed by atoms with van der Waals surface area (Å²) in [4.78, 5) is 2.33. The van der Waals surface area contributed by atoms with Crippen LogP contribution in [0.5, 0.6) is 0 Å². The van der Waals surface area contributed by atoms with Crippen molar-refractivity contribution in [1.29, 1.82) is 5.26 Å². The van der Waals surface area contributed by atoms with Crippen LogP contribution in [0.1, 0.15) is 16.8 Å². The molecule has 0 saturated carbocycles. The molecule has 0 spiro atoms. The Hall–Kier alpha value is -3.17. The number of hydrogen-bond acceptors (Lipinski definition) is 6. The highest BCUT2D eigenvalue weighted by Gasteiger charge is 2.14. The van der Waals surface area contributed by atoms with Crippen molar-refractivity contribution >= 4 is 22.3 Å². The van der Waals surface area contributed by atoms with Gasteiger partial charge in [-0.3, -0.25) is 0 Å². The third-order valence-electron chi connectivity index (χ3n) is 4.84. The van der Waals surface area contributed by atoms with Gasteiger partial charge in [0.15, 0.2) is 5.82 Å². The summed E-state index contributed by atoms with van der Waals surface area (Å²) in [6.45, 7) is 5.87. The predicted molar refractivity (Wildman–Crippen MR) is 106 cm³/mol. The SMILES string of the molecule is Cc1nnc(NCc2cccc(C#N)c2)c2cc(N3CCOCC3)ccc12. The molecule has 0 amide bonds. The van der Waals surface area contributed by atoms with Crippen LogP contribution in [-0.4, -0.2) is 36.5 Å². The molecule has 0 aliphatic carbocycles. The largest absolute Gasteiger partial charge is 0.378 e. The Morgan fingerprint density at radius 1 is 1.11 bits per heavy atom. The summed E-state index contributed by atoms with van der Waals surface area (Å²) < 4.78 is 5.46. The zero-order chi connectivity index (χ0) is 18.6. The smallest absolute Gasteiger partial charge is 0.156 e. The lowest BCUT2D eigenvalue weighted by molar-refractivity contribution is 0.122. The summed E-state index contributed by atoms with van der Waals surface area (Å²) in [5.41, 5.74) is 3.78. The van der Waals surface area contributed by atoms with Gasteiger partial charge in [-0.25, -0.2) is 0 Å². The van der Waals surface area contributed by atoms with Crippen LogP contribution in [0.15, 0.2) is 42.5 Å². The van der Waals surface area contributed by atoms with Gasteiger partial charge in [0, 0.05) is 36.1 Å². The zero-order valence-electron chi connectivity index (χ0n) is 15.3. The van der Waals surface area contributed by atoms with E-state index in [1.807, 2.05) is 25.1 Å². The van der Waals surface area contributed by atoms with Crippen molar-refractivity contribution in [3.63, 3.8) is 0 Å². The van der Waals surface area contributed by atoms with E-state index in [2.05, 4.69) is 44.7 Å². The van der Waals surface area contributed by atoms with Crippen molar-refractivity contribution in [3.8, 4) is 6.07 Å². The highest BCUT2D eigenvalue weighted by molar-refractivity contribution is 5.95. The summed E-state index contributed by atoms with van der Waals surface area (Å²) in [5.74, 6) is 0.757. The van der Waals surface area contributed by atoms with Gasteiger partial charge in [-0.05, 0) is 36.8 Å². The molecule has 27 heavy (non-hydrogen) atoms. The Kier molecular flexibility index (Phi) is 4.86. The van der Waals surface area contributed by atoms with E-state index in [0.717, 1.165) is 54.2 Å². The second kappa shape index (κ2) is 7.60. The normalized spacial score (nSPS) is 14.1. The van der Waals surface area contributed by atoms with Gasteiger partial charge in [0.2, 0.25) is 0 Å². The molecular weight excluding hydrogens is 338 g/mol. The number of hydrogen-bond donors (Lipinski definition) is 1. The monoisotopic (exact) mass is 359 g/mol. The molecule has 4 rings (SSSR count). The van der Waals surface area contributed by atoms with E-state index < -0.39 is 0 Å². The fourth-order valence-corrected chi connectivity index (χ4v) is 3.36. The van der Waals surface area contributed by atoms with Crippen LogP contribution < -0.4 is 10.2 Å². The minimum absolute atomic E-state index is 0.587. The third kappa shape index (κ3) is 3.69. The fourth-order valence-electron chi connectivity index (χ4n) is 3.36. The average Bonchev–Trinajstić information content (AvgIpc) is 2.74. The van der Waals surface area contributed by atoms with Crippen LogP contribution in [-0.2, 0) is 11.3 Å². The fraction of sp³-hybridized carbons (Fsp3) is 0.286. The molecule has 2 heterocycles. The van der Waals surface area contributed by atoms with Gasteiger partial charge in [0.25, 0.3) is 0 Å². The zero-order valence-corrected chi connectivity index (χ0v) is 15.3. The van der Waals surface area contributed by atoms with Crippen molar-refractivity contribution in [3.05, 3.63) is 59.3 Å². The quantitative estimate of drug-likeness (QED) is 0.771. The van der Waals surface area contributed by atoms with Crippen LogP contribution in [0.3, 0.4) is 0 Å². The number of aromatic nitrogens is 2. The number of nitrogens with one attached hydrogen (secondary N) is 1. The second-order valence-corrected chi connectivity index (χ2v) is 6.63. The molecule has 2 aromatic carbocycles. The van der Waals surface area contributed by atoms with Crippen LogP contribution >= 0.6 is 0 Å². The van der Waals surface area contributed by atoms with Gasteiger partial charge >= 0.3 is 0 Å². The first-order chi connectivity index (χ1) is 13.2. The van der Waals surface area contributed by atoms with Crippen molar-refractivity contribution in [1.82, 2.24) is 10.2 Å². The Bertz CT molecular complexity index is 1010. The highest BCUT2D eigenvalue weighted by Crippen LogP contribution is 2.28. The van der Waals surface area contributed by atoms with Crippen LogP contribution in [0.25, 0.3) is 10.8 Å². The molecular formula is C21H21N5O. The van der Waals surface area contributed by atoms with Crippen molar-refractivity contribution < 1.29 is 4.74 Å². The van der Waals surface area contributed by atoms with E-state index in [4.69, 9.17) is 10.00 Å². The minimum Gasteiger partial charge on any atom is -0.378 e. The first-order valence-corrected chi connectivity index (χ1v) is 9.07. The first kappa shape index (κ1) is 17.3. The summed E-state index contributed by atoms with van der Waals surface area (Å²) in [7, 11) is 0. The molecule has 6 nitrogen and oxygen atoms in total. The lowest BCUT2D eigenvalue weighted by atomic mass is 10.1. The number of morpholine rings is 1. The standard InChI is InChI=1S/C21H21N5O/c1-15-19-6-5-18(26-7-9-27-10-8-26)12-20(19)21(25-24-15)23-14-17-4-2-3-16(11-17)13-22/h2-6,11-12H,7-10,14H2,1H3,(H,23,25). The Morgan fingerprint density at radius 2 is 1.96 bits per heavy atom. The molecule has 1 aliphatic rings. The summed E-state index contributed by atoms with van der Waals surface area (Å²) >= 11 is 0. The molecule has 1 aromatic heterocycles. The maximum absolute atomic E-state index is 9.07. The number of nitrogens with zero attached hydrogens (tertiary/aromatic N) is 4. The maximum Gasteiger partial charge on any atom is 0.156 e. The highest BCUT2D eigenvalue weighted by atomic mass is 16.5. The summed E-state index contributed by atoms with van der Waals surface area (Å²) in [6, 6.07) is 16.2. The number of ether oxygens (including phenoxy) is 1. The third-order valence-corrected chi connectivity index (χ3v) is 4.84. The van der Waals surface area contributed by atoms with E-state index in [-0.39, 0.29) is 0 Å². The molecule has 6 heteroatoms. The van der Waals surface area contributed by atoms with Gasteiger partial charge in [0.1, 0.15) is 0 Å². The molecule has 0 atom stereocenters. The van der Waals surface area contributed by atoms with Crippen LogP contribution in [0, 0.1) is 18.3 Å². The minimum atomic E-state index is 0.587. The van der Waals surface area contributed by atoms with Crippen molar-refractivity contribution in [2.75, 3.05) is 36.5 Å². The molecule has 0 unspecified atom stereocenters. The summed E-state index contributed by atoms with van der Waals surface area (Å²) in [6.07, 6.45) is 0. The van der Waals surface area contributed by atoms with Gasteiger partial charge in [0.05, 0.1) is 30.5 Å². The van der Waals surface area contributed by atoms with Crippen molar-refractivity contribution in [2.24, 2.45) is 0 Å². The molecule has 3 aromatic rings. The van der Waals surface area contributed by atoms with Gasteiger partial charge in [-0.1, -0.05) is 18.2 Å². The summed E-state index contributed by atoms with van der Waals surface area (Å²) in [5, 5.41) is 23.3. The van der Waals surface area contributed by atoms with E-state index >= 15 is 0 Å². The number of anilines is 2. The van der Waals surface area contributed by atoms with Gasteiger partial charge in [-0.15, -0.1) is 5.10 Å². The topological polar surface area (TPSA) is 74.1 Å². The van der Waals surface area contributed by atoms with E-state index in [9.17, 15) is 0 Å². The van der Waals surface area contributed by atoms with Crippen LogP contribution in [0.2, 0.25) is 0 Å². The number of fused-ring (bicyclic) bond motifs is 1. The van der Waals surface area contributed by atoms with E-state index in [0.29, 0.717) is 12.1 Å². The second-order valence-electron chi connectivity index (χ2n) is 6.63. The van der Waals surface area contributed by atoms with Gasteiger partial charge in [-0.2, -0.15) is 10.4 Å². The lowest BCUT2D eigenvalue weighted by Crippen LogP contribution is -2.36. The molecule has 1 fully saturated rings. The van der Waals surface area contributed by atoms with Crippen LogP contribution in [0.4, 0.5) is 11.5 Å². The molecule has 0 bridgehead atoms. The number of benzene rings is 2. The maximum atomic E-state index is 9.07. The Balaban J connectivity index is 1.64. The number of aryl methyl sites for hydroxylation is 1. The molecule has 0 radical (unpaired) electrons. The predicted octanol–water partition coefficient (Wildman–Crippen LogP) is 3.26. The number of rotatable bonds is 4. The molecule has 136 valence electrons. The Morgan fingerprint density at radius 3 is 2.78 bits per heavy atom. The van der Waals surface area contributed by atoms with E-state index in [1.54, 1.807) is 6.07 Å². The lowest BCUT2D eigenvalue weighted by Gasteiger charge is -2.29. The molecule has 1 saturated heterocycles. The Labute approximate surface area is 158 Å². The van der Waals surface area contributed by atoms with Gasteiger partial charge < -0.3 is 15.0 Å². The van der Waals surface area contributed by atoms with Crippen molar-refractivity contribution in [2.45, 2.75) is 13.5 Å².